The third-order valence-corrected chi connectivity index (χ3v) is 4.97. The molecule has 8 heteroatoms. The van der Waals surface area contributed by atoms with Gasteiger partial charge in [-0.3, -0.25) is 4.79 Å². The van der Waals surface area contributed by atoms with E-state index in [1.165, 1.54) is 6.08 Å². The zero-order chi connectivity index (χ0) is 37.4. The van der Waals surface area contributed by atoms with Gasteiger partial charge in [-0.25, -0.2) is 4.79 Å². The molecule has 0 spiro atoms. The Bertz CT molecular complexity index is 902. The van der Waals surface area contributed by atoms with E-state index in [0.717, 1.165) is 41.3 Å². The van der Waals surface area contributed by atoms with Crippen molar-refractivity contribution in [3.63, 3.8) is 0 Å². The topological polar surface area (TPSA) is 67.9 Å². The number of esters is 2. The zero-order valence-corrected chi connectivity index (χ0v) is 34.8. The largest absolute Gasteiger partial charge is 0.425 e. The number of rotatable bonds is 14. The molecule has 0 radical (unpaired) electrons. The Kier molecular flexibility index (Phi) is 41.6. The van der Waals surface area contributed by atoms with Gasteiger partial charge in [0.15, 0.2) is 0 Å². The number of thioether (sulfide) groups is 1. The van der Waals surface area contributed by atoms with Crippen molar-refractivity contribution in [2.45, 2.75) is 123 Å². The van der Waals surface area contributed by atoms with Crippen LogP contribution in [0.25, 0.3) is 0 Å². The summed E-state index contributed by atoms with van der Waals surface area (Å²) in [5.41, 5.74) is 4.82. The van der Waals surface area contributed by atoms with Gasteiger partial charge in [-0.1, -0.05) is 101 Å². The van der Waals surface area contributed by atoms with E-state index < -0.39 is 18.2 Å². The zero-order valence-electron chi connectivity index (χ0n) is 33.1. The molecule has 0 fully saturated rings. The van der Waals surface area contributed by atoms with Crippen molar-refractivity contribution < 1.29 is 19.1 Å². The molecule has 46 heavy (non-hydrogen) atoms. The number of carbonyl (C=O) groups is 2. The van der Waals surface area contributed by atoms with Crippen molar-refractivity contribution in [3.8, 4) is 0 Å². The Balaban J connectivity index is -0.000000454. The predicted molar refractivity (Wildman–Crippen MR) is 214 cm³/mol. The first-order valence-corrected chi connectivity index (χ1v) is 19.4. The quantitative estimate of drug-likeness (QED) is 0.0873. The summed E-state index contributed by atoms with van der Waals surface area (Å²) >= 11 is 5.28. The average molecular weight is 687 g/mol. The molecule has 1 aromatic carbocycles. The van der Waals surface area contributed by atoms with E-state index in [1.807, 2.05) is 88.7 Å². The summed E-state index contributed by atoms with van der Waals surface area (Å²) in [4.78, 5) is 26.9. The molecular weight excluding hydrogens is 613 g/mol. The highest BCUT2D eigenvalue weighted by Crippen LogP contribution is 2.30. The van der Waals surface area contributed by atoms with E-state index in [1.54, 1.807) is 18.0 Å². The first-order valence-electron chi connectivity index (χ1n) is 16.9. The van der Waals surface area contributed by atoms with Crippen LogP contribution in [0, 0.1) is 17.8 Å². The van der Waals surface area contributed by atoms with Gasteiger partial charge in [-0.2, -0.15) is 24.4 Å². The van der Waals surface area contributed by atoms with Gasteiger partial charge < -0.3 is 19.7 Å². The Morgan fingerprint density at radius 3 is 1.72 bits per heavy atom. The molecule has 1 N–H and O–H groups in total. The lowest BCUT2D eigenvalue weighted by Crippen LogP contribution is -2.32. The number of hydrogen-bond acceptors (Lipinski definition) is 8. The molecule has 0 aromatic heterocycles. The van der Waals surface area contributed by atoms with Crippen LogP contribution in [0.3, 0.4) is 0 Å². The van der Waals surface area contributed by atoms with Gasteiger partial charge in [0.2, 0.25) is 6.29 Å². The van der Waals surface area contributed by atoms with Gasteiger partial charge in [0.1, 0.15) is 0 Å². The summed E-state index contributed by atoms with van der Waals surface area (Å²) < 4.78 is 10.8. The van der Waals surface area contributed by atoms with Crippen LogP contribution in [0.1, 0.15) is 116 Å². The summed E-state index contributed by atoms with van der Waals surface area (Å²) in [6, 6.07) is 6.27. The fraction of sp³-hybridized carbons (Fsp3) is 0.684. The summed E-state index contributed by atoms with van der Waals surface area (Å²) in [6.07, 6.45) is 6.97. The first-order chi connectivity index (χ1) is 21.7. The molecule has 6 nitrogen and oxygen atoms in total. The highest BCUT2D eigenvalue weighted by atomic mass is 32.2. The Morgan fingerprint density at radius 1 is 0.891 bits per heavy atom. The molecule has 0 bridgehead atoms. The third kappa shape index (κ3) is 30.6. The van der Waals surface area contributed by atoms with Gasteiger partial charge in [0.25, 0.3) is 0 Å². The minimum Gasteiger partial charge on any atom is -0.425 e. The lowest BCUT2D eigenvalue weighted by atomic mass is 10.0. The first kappa shape index (κ1) is 53.4. The third-order valence-electron chi connectivity index (χ3n) is 4.97. The molecule has 0 saturated carbocycles. The maximum atomic E-state index is 12.5. The molecule has 1 aromatic rings. The summed E-state index contributed by atoms with van der Waals surface area (Å²) in [6.45, 7) is 36.1. The molecule has 272 valence electrons. The minimum absolute atomic E-state index is 0.146. The Morgan fingerprint density at radius 2 is 1.35 bits per heavy atom. The van der Waals surface area contributed by atoms with Crippen molar-refractivity contribution in [3.05, 3.63) is 47.7 Å². The van der Waals surface area contributed by atoms with Crippen LogP contribution >= 0.6 is 24.4 Å². The molecule has 0 aliphatic carbocycles. The smallest absolute Gasteiger partial charge is 0.333 e. The van der Waals surface area contributed by atoms with Gasteiger partial charge in [0, 0.05) is 37.2 Å². The fourth-order valence-corrected chi connectivity index (χ4v) is 3.61. The van der Waals surface area contributed by atoms with E-state index >= 15 is 0 Å². The molecule has 0 amide bonds. The van der Waals surface area contributed by atoms with Gasteiger partial charge in [0.05, 0.1) is 11.4 Å². The van der Waals surface area contributed by atoms with E-state index in [9.17, 15) is 9.59 Å². The van der Waals surface area contributed by atoms with E-state index in [4.69, 9.17) is 9.47 Å². The molecule has 0 aliphatic heterocycles. The molecule has 1 atom stereocenters. The molecule has 0 saturated heterocycles. The average Bonchev–Trinajstić information content (AvgIpc) is 2.99. The van der Waals surface area contributed by atoms with E-state index in [-0.39, 0.29) is 12.3 Å². The number of nitrogens with one attached hydrogen (secondary N) is 1. The van der Waals surface area contributed by atoms with Crippen molar-refractivity contribution >= 4 is 47.7 Å². The van der Waals surface area contributed by atoms with Crippen molar-refractivity contribution in [2.75, 3.05) is 42.1 Å². The van der Waals surface area contributed by atoms with Crippen LogP contribution in [-0.2, 0) is 25.5 Å². The number of hydrogen-bond donors (Lipinski definition) is 2. The minimum atomic E-state index is -0.908. The summed E-state index contributed by atoms with van der Waals surface area (Å²) in [5.74, 6) is 0.0108. The second-order valence-corrected chi connectivity index (χ2v) is 11.9. The van der Waals surface area contributed by atoms with Crippen molar-refractivity contribution in [1.82, 2.24) is 0 Å². The number of carbonyl (C=O) groups excluding carboxylic acids is 2. The lowest BCUT2D eigenvalue weighted by Gasteiger charge is -2.31. The normalized spacial score (nSPS) is 9.96. The van der Waals surface area contributed by atoms with Crippen LogP contribution in [0.2, 0.25) is 0 Å². The van der Waals surface area contributed by atoms with E-state index in [0.29, 0.717) is 18.3 Å². The van der Waals surface area contributed by atoms with Gasteiger partial charge >= 0.3 is 11.9 Å². The molecule has 1 rings (SSSR count). The van der Waals surface area contributed by atoms with Crippen LogP contribution < -0.4 is 10.2 Å². The number of allylic oxidation sites excluding steroid dienone is 2. The van der Waals surface area contributed by atoms with E-state index in [2.05, 4.69) is 75.3 Å². The Hall–Kier alpha value is -2.06. The highest BCUT2D eigenvalue weighted by Gasteiger charge is 2.22. The van der Waals surface area contributed by atoms with Crippen LogP contribution in [0.15, 0.2) is 42.1 Å². The SMILES string of the molecule is C=C(C)Nc1cc(CCC(=O)OC(OC(=O)C=C(C)C)C(C)C)ccc1N(CC(C)C)CC(C)C.CC.CC.CC.CS.CSC. The molecule has 0 heterocycles. The molecule has 0 aliphatic rings. The van der Waals surface area contributed by atoms with Crippen molar-refractivity contribution in [2.24, 2.45) is 17.8 Å². The number of benzene rings is 1. The monoisotopic (exact) mass is 687 g/mol. The second-order valence-electron chi connectivity index (χ2n) is 11.1. The Labute approximate surface area is 296 Å². The lowest BCUT2D eigenvalue weighted by molar-refractivity contribution is -0.192. The number of nitrogens with zero attached hydrogens (tertiary/aromatic N) is 1. The second kappa shape index (κ2) is 35.8. The highest BCUT2D eigenvalue weighted by molar-refractivity contribution is 7.97. The van der Waals surface area contributed by atoms with Crippen LogP contribution in [-0.4, -0.2) is 50.1 Å². The van der Waals surface area contributed by atoms with Gasteiger partial charge in [-0.15, -0.1) is 0 Å². The molecule has 1 unspecified atom stereocenters. The number of thiol groups is 1. The maximum absolute atomic E-state index is 12.5. The number of aryl methyl sites for hydroxylation is 1. The van der Waals surface area contributed by atoms with Gasteiger partial charge in [-0.05, 0) is 75.5 Å². The van der Waals surface area contributed by atoms with Crippen molar-refractivity contribution in [1.29, 1.82) is 0 Å². The standard InChI is InChI=1S/C29H46N2O4.C2H6S.3C2H6.CH4S/c1-19(2)15-28(33)35-29(22(7)8)34-27(32)14-12-24-11-13-26(25(16-24)30-23(9)10)31(17-20(3)4)18-21(5)6;1-3-2;4*1-2/h11,13,15-16,20-22,29-30H,9,12,14,17-18H2,1-8,10H3;1-2H3;3*1-2H3;2H,1H3. The van der Waals surface area contributed by atoms with Crippen LogP contribution in [0.5, 0.6) is 0 Å². The predicted octanol–water partition coefficient (Wildman–Crippen LogP) is 11.3. The fourth-order valence-electron chi connectivity index (χ4n) is 3.61. The maximum Gasteiger partial charge on any atom is 0.333 e. The van der Waals surface area contributed by atoms with Crippen LogP contribution in [0.4, 0.5) is 11.4 Å². The molecular formula is C38H74N2O4S2. The number of anilines is 2. The summed E-state index contributed by atoms with van der Waals surface area (Å²) in [7, 11) is 0. The number of ether oxygens (including phenoxy) is 2. The summed E-state index contributed by atoms with van der Waals surface area (Å²) in [5, 5.41) is 3.40.